The van der Waals surface area contributed by atoms with E-state index in [1.165, 1.54) is 18.4 Å². The summed E-state index contributed by atoms with van der Waals surface area (Å²) in [5.74, 6) is 0. The van der Waals surface area contributed by atoms with Gasteiger partial charge in [-0.2, -0.15) is 0 Å². The molecule has 1 fully saturated rings. The Hall–Kier alpha value is -0.930. The molecule has 16 heavy (non-hydrogen) atoms. The van der Waals surface area contributed by atoms with Crippen LogP contribution < -0.4 is 11.1 Å². The highest BCUT2D eigenvalue weighted by Gasteiger charge is 2.17. The van der Waals surface area contributed by atoms with Crippen LogP contribution in [0.5, 0.6) is 0 Å². The molecule has 1 aliphatic rings. The van der Waals surface area contributed by atoms with Crippen molar-refractivity contribution in [2.24, 2.45) is 5.73 Å². The molecule has 1 aliphatic carbocycles. The average Bonchev–Trinajstić information content (AvgIpc) is 2.30. The molecule has 1 aromatic rings. The summed E-state index contributed by atoms with van der Waals surface area (Å²) in [6.45, 7) is 2.99. The summed E-state index contributed by atoms with van der Waals surface area (Å²) in [7, 11) is 0. The van der Waals surface area contributed by atoms with Crippen molar-refractivity contribution < 1.29 is 0 Å². The third-order valence-electron chi connectivity index (χ3n) is 3.47. The lowest BCUT2D eigenvalue weighted by Crippen LogP contribution is -2.37. The standard InChI is InChI=1S/C13H21N3/c1-10-11(3-2-8-15-10)9-16-13-6-4-12(14)5-7-13/h2-3,8,12-13,16H,4-7,9,14H2,1H3/t12-,13-. The Labute approximate surface area is 97.5 Å². The van der Waals surface area contributed by atoms with E-state index in [1.807, 2.05) is 12.3 Å². The molecule has 3 heteroatoms. The van der Waals surface area contributed by atoms with Crippen LogP contribution in [0.3, 0.4) is 0 Å². The molecular formula is C13H21N3. The van der Waals surface area contributed by atoms with Crippen LogP contribution in [-0.4, -0.2) is 17.1 Å². The van der Waals surface area contributed by atoms with Crippen molar-refractivity contribution in [3.05, 3.63) is 29.6 Å². The average molecular weight is 219 g/mol. The van der Waals surface area contributed by atoms with Gasteiger partial charge in [0.1, 0.15) is 0 Å². The minimum atomic E-state index is 0.429. The normalized spacial score (nSPS) is 25.6. The van der Waals surface area contributed by atoms with Crippen LogP contribution in [0.1, 0.15) is 36.9 Å². The summed E-state index contributed by atoms with van der Waals surface area (Å²) in [5, 5.41) is 3.60. The Balaban J connectivity index is 1.81. The predicted molar refractivity (Wildman–Crippen MR) is 66.0 cm³/mol. The first-order valence-corrected chi connectivity index (χ1v) is 6.15. The van der Waals surface area contributed by atoms with Gasteiger partial charge in [-0.05, 0) is 44.2 Å². The lowest BCUT2D eigenvalue weighted by Gasteiger charge is -2.27. The summed E-state index contributed by atoms with van der Waals surface area (Å²) in [6, 6.07) is 5.21. The fourth-order valence-electron chi connectivity index (χ4n) is 2.28. The van der Waals surface area contributed by atoms with Crippen molar-refractivity contribution in [1.82, 2.24) is 10.3 Å². The van der Waals surface area contributed by atoms with Gasteiger partial charge < -0.3 is 11.1 Å². The largest absolute Gasteiger partial charge is 0.328 e. The van der Waals surface area contributed by atoms with E-state index < -0.39 is 0 Å². The van der Waals surface area contributed by atoms with Crippen LogP contribution in [0.15, 0.2) is 18.3 Å². The Morgan fingerprint density at radius 3 is 2.81 bits per heavy atom. The number of pyridine rings is 1. The van der Waals surface area contributed by atoms with E-state index in [0.717, 1.165) is 25.1 Å². The van der Waals surface area contributed by atoms with E-state index in [-0.39, 0.29) is 0 Å². The molecule has 3 nitrogen and oxygen atoms in total. The van der Waals surface area contributed by atoms with Crippen LogP contribution >= 0.6 is 0 Å². The van der Waals surface area contributed by atoms with Crippen LogP contribution in [0.25, 0.3) is 0 Å². The number of hydrogen-bond acceptors (Lipinski definition) is 3. The molecule has 0 spiro atoms. The van der Waals surface area contributed by atoms with Crippen molar-refractivity contribution in [3.8, 4) is 0 Å². The highest BCUT2D eigenvalue weighted by molar-refractivity contribution is 5.17. The van der Waals surface area contributed by atoms with Gasteiger partial charge in [0.05, 0.1) is 0 Å². The second-order valence-corrected chi connectivity index (χ2v) is 4.74. The highest BCUT2D eigenvalue weighted by atomic mass is 14.9. The fraction of sp³-hybridized carbons (Fsp3) is 0.615. The van der Waals surface area contributed by atoms with Crippen molar-refractivity contribution >= 4 is 0 Å². The molecule has 3 N–H and O–H groups in total. The van der Waals surface area contributed by atoms with Crippen molar-refractivity contribution in [1.29, 1.82) is 0 Å². The maximum atomic E-state index is 5.89. The van der Waals surface area contributed by atoms with Gasteiger partial charge in [0, 0.05) is 30.5 Å². The van der Waals surface area contributed by atoms with Crippen LogP contribution in [0, 0.1) is 6.92 Å². The minimum Gasteiger partial charge on any atom is -0.328 e. The molecule has 0 atom stereocenters. The maximum absolute atomic E-state index is 5.89. The van der Waals surface area contributed by atoms with E-state index in [9.17, 15) is 0 Å². The molecule has 1 saturated carbocycles. The van der Waals surface area contributed by atoms with Crippen LogP contribution in [0.2, 0.25) is 0 Å². The monoisotopic (exact) mass is 219 g/mol. The van der Waals surface area contributed by atoms with Crippen LogP contribution in [0.4, 0.5) is 0 Å². The van der Waals surface area contributed by atoms with Crippen molar-refractivity contribution in [2.75, 3.05) is 0 Å². The number of hydrogen-bond donors (Lipinski definition) is 2. The smallest absolute Gasteiger partial charge is 0.0417 e. The summed E-state index contributed by atoms with van der Waals surface area (Å²) < 4.78 is 0. The molecule has 0 saturated heterocycles. The van der Waals surface area contributed by atoms with Gasteiger partial charge in [0.2, 0.25) is 0 Å². The molecule has 2 rings (SSSR count). The van der Waals surface area contributed by atoms with E-state index in [4.69, 9.17) is 5.73 Å². The zero-order valence-corrected chi connectivity index (χ0v) is 9.95. The van der Waals surface area contributed by atoms with E-state index >= 15 is 0 Å². The number of aromatic nitrogens is 1. The Morgan fingerprint density at radius 2 is 2.12 bits per heavy atom. The Kier molecular flexibility index (Phi) is 3.91. The molecular weight excluding hydrogens is 198 g/mol. The predicted octanol–water partition coefficient (Wildman–Crippen LogP) is 1.75. The first kappa shape index (κ1) is 11.6. The lowest BCUT2D eigenvalue weighted by molar-refractivity contribution is 0.341. The lowest BCUT2D eigenvalue weighted by atomic mass is 9.92. The number of nitrogens with one attached hydrogen (secondary N) is 1. The van der Waals surface area contributed by atoms with Gasteiger partial charge in [-0.3, -0.25) is 4.98 Å². The molecule has 0 amide bonds. The zero-order chi connectivity index (χ0) is 11.4. The SMILES string of the molecule is Cc1ncccc1CN[C@H]1CC[C@H](N)CC1. The summed E-state index contributed by atoms with van der Waals surface area (Å²) in [4.78, 5) is 4.29. The second kappa shape index (κ2) is 5.41. The first-order chi connectivity index (χ1) is 7.75. The molecule has 0 radical (unpaired) electrons. The third-order valence-corrected chi connectivity index (χ3v) is 3.47. The molecule has 0 aromatic carbocycles. The van der Waals surface area contributed by atoms with Gasteiger partial charge in [-0.1, -0.05) is 6.07 Å². The number of nitrogens with two attached hydrogens (primary N) is 1. The van der Waals surface area contributed by atoms with Gasteiger partial charge in [0.25, 0.3) is 0 Å². The van der Waals surface area contributed by atoms with Crippen molar-refractivity contribution in [2.45, 2.75) is 51.2 Å². The Bertz CT molecular complexity index is 330. The van der Waals surface area contributed by atoms with Crippen molar-refractivity contribution in [3.63, 3.8) is 0 Å². The topological polar surface area (TPSA) is 50.9 Å². The number of aryl methyl sites for hydroxylation is 1. The fourth-order valence-corrected chi connectivity index (χ4v) is 2.28. The third kappa shape index (κ3) is 3.03. The molecule has 0 bridgehead atoms. The summed E-state index contributed by atoms with van der Waals surface area (Å²) in [5.41, 5.74) is 8.32. The summed E-state index contributed by atoms with van der Waals surface area (Å²) in [6.07, 6.45) is 6.58. The first-order valence-electron chi connectivity index (χ1n) is 6.15. The maximum Gasteiger partial charge on any atom is 0.0417 e. The highest BCUT2D eigenvalue weighted by Crippen LogP contribution is 2.17. The van der Waals surface area contributed by atoms with E-state index in [0.29, 0.717) is 12.1 Å². The number of nitrogens with zero attached hydrogens (tertiary/aromatic N) is 1. The zero-order valence-electron chi connectivity index (χ0n) is 9.95. The van der Waals surface area contributed by atoms with E-state index in [2.05, 4.69) is 23.3 Å². The van der Waals surface area contributed by atoms with Gasteiger partial charge in [0.15, 0.2) is 0 Å². The molecule has 88 valence electrons. The summed E-state index contributed by atoms with van der Waals surface area (Å²) >= 11 is 0. The van der Waals surface area contributed by atoms with Gasteiger partial charge >= 0.3 is 0 Å². The minimum absolute atomic E-state index is 0.429. The number of rotatable bonds is 3. The van der Waals surface area contributed by atoms with Gasteiger partial charge in [-0.15, -0.1) is 0 Å². The molecule has 0 aliphatic heterocycles. The molecule has 1 heterocycles. The quantitative estimate of drug-likeness (QED) is 0.814. The van der Waals surface area contributed by atoms with Crippen LogP contribution in [-0.2, 0) is 6.54 Å². The molecule has 0 unspecified atom stereocenters. The Morgan fingerprint density at radius 1 is 1.38 bits per heavy atom. The van der Waals surface area contributed by atoms with E-state index in [1.54, 1.807) is 0 Å². The van der Waals surface area contributed by atoms with Gasteiger partial charge in [-0.25, -0.2) is 0 Å². The second-order valence-electron chi connectivity index (χ2n) is 4.74. The molecule has 1 aromatic heterocycles.